The molecular weight excluding hydrogens is 362 g/mol. The van der Waals surface area contributed by atoms with Crippen LogP contribution in [-0.2, 0) is 25.1 Å². The van der Waals surface area contributed by atoms with Gasteiger partial charge in [-0.2, -0.15) is 0 Å². The molecule has 9 heteroatoms. The second-order valence-corrected chi connectivity index (χ2v) is 7.79. The summed E-state index contributed by atoms with van der Waals surface area (Å²) in [6.07, 6.45) is 0.136. The maximum atomic E-state index is 12.7. The van der Waals surface area contributed by atoms with Crippen LogP contribution in [0.15, 0.2) is 52.0 Å². The van der Waals surface area contributed by atoms with Crippen LogP contribution in [0.1, 0.15) is 16.1 Å². The van der Waals surface area contributed by atoms with Crippen molar-refractivity contribution in [3.05, 3.63) is 54.0 Å². The van der Waals surface area contributed by atoms with E-state index in [0.29, 0.717) is 0 Å². The SMILES string of the molecule is O=C(O)[C@@H]1CN(C(=O)c2occc2CS(=O)(=O)c2ccccc2)CCO1. The molecular formula is C17H17NO7S. The highest BCUT2D eigenvalue weighted by molar-refractivity contribution is 7.90. The van der Waals surface area contributed by atoms with E-state index in [2.05, 4.69) is 0 Å². The largest absolute Gasteiger partial charge is 0.479 e. The molecule has 0 unspecified atom stereocenters. The Morgan fingerprint density at radius 2 is 1.92 bits per heavy atom. The highest BCUT2D eigenvalue weighted by Gasteiger charge is 2.32. The Morgan fingerprint density at radius 3 is 2.62 bits per heavy atom. The summed E-state index contributed by atoms with van der Waals surface area (Å²) in [5, 5.41) is 9.04. The van der Waals surface area contributed by atoms with Gasteiger partial charge in [-0.15, -0.1) is 0 Å². The van der Waals surface area contributed by atoms with Gasteiger partial charge in [0.25, 0.3) is 5.91 Å². The topological polar surface area (TPSA) is 114 Å². The fourth-order valence-electron chi connectivity index (χ4n) is 2.68. The summed E-state index contributed by atoms with van der Waals surface area (Å²) in [6, 6.07) is 9.35. The lowest BCUT2D eigenvalue weighted by atomic mass is 10.2. The van der Waals surface area contributed by atoms with E-state index in [1.54, 1.807) is 18.2 Å². The molecule has 1 saturated heterocycles. The molecule has 1 aromatic carbocycles. The number of aliphatic carboxylic acids is 1. The summed E-state index contributed by atoms with van der Waals surface area (Å²) >= 11 is 0. The first-order valence-electron chi connectivity index (χ1n) is 7.86. The van der Waals surface area contributed by atoms with E-state index < -0.39 is 27.8 Å². The molecule has 2 heterocycles. The number of sulfone groups is 1. The number of hydrogen-bond acceptors (Lipinski definition) is 6. The van der Waals surface area contributed by atoms with Crippen LogP contribution in [0.4, 0.5) is 0 Å². The molecule has 1 aliphatic rings. The molecule has 0 radical (unpaired) electrons. The van der Waals surface area contributed by atoms with Gasteiger partial charge in [-0.1, -0.05) is 18.2 Å². The molecule has 1 atom stereocenters. The lowest BCUT2D eigenvalue weighted by molar-refractivity contribution is -0.154. The number of carboxylic acid groups (broad SMARTS) is 1. The summed E-state index contributed by atoms with van der Waals surface area (Å²) < 4.78 is 35.4. The summed E-state index contributed by atoms with van der Waals surface area (Å²) in [5.41, 5.74) is 0.234. The second kappa shape index (κ2) is 7.30. The minimum atomic E-state index is -3.64. The van der Waals surface area contributed by atoms with Gasteiger partial charge >= 0.3 is 5.97 Å². The number of furan rings is 1. The average Bonchev–Trinajstić information content (AvgIpc) is 3.09. The lowest BCUT2D eigenvalue weighted by Gasteiger charge is -2.30. The van der Waals surface area contributed by atoms with E-state index in [-0.39, 0.29) is 41.7 Å². The number of nitrogens with zero attached hydrogens (tertiary/aromatic N) is 1. The van der Waals surface area contributed by atoms with Crippen molar-refractivity contribution in [1.29, 1.82) is 0 Å². The zero-order valence-electron chi connectivity index (χ0n) is 13.7. The molecule has 0 aliphatic carbocycles. The highest BCUT2D eigenvalue weighted by Crippen LogP contribution is 2.22. The number of carbonyl (C=O) groups excluding carboxylic acids is 1. The zero-order valence-corrected chi connectivity index (χ0v) is 14.5. The minimum absolute atomic E-state index is 0.0844. The van der Waals surface area contributed by atoms with Gasteiger partial charge in [0.15, 0.2) is 21.7 Å². The van der Waals surface area contributed by atoms with E-state index in [0.717, 1.165) is 0 Å². The number of rotatable bonds is 5. The number of carboxylic acids is 1. The molecule has 0 bridgehead atoms. The van der Waals surface area contributed by atoms with Crippen molar-refractivity contribution in [3.63, 3.8) is 0 Å². The van der Waals surface area contributed by atoms with E-state index in [1.807, 2.05) is 0 Å². The Hall–Kier alpha value is -2.65. The lowest BCUT2D eigenvalue weighted by Crippen LogP contribution is -2.48. The van der Waals surface area contributed by atoms with Crippen molar-refractivity contribution in [3.8, 4) is 0 Å². The van der Waals surface area contributed by atoms with Gasteiger partial charge in [0.1, 0.15) is 0 Å². The van der Waals surface area contributed by atoms with E-state index in [9.17, 15) is 18.0 Å². The molecule has 0 saturated carbocycles. The van der Waals surface area contributed by atoms with Crippen LogP contribution in [0.5, 0.6) is 0 Å². The number of amides is 1. The number of benzene rings is 1. The number of morpholine rings is 1. The van der Waals surface area contributed by atoms with Gasteiger partial charge < -0.3 is 19.2 Å². The molecule has 8 nitrogen and oxygen atoms in total. The quantitative estimate of drug-likeness (QED) is 0.829. The van der Waals surface area contributed by atoms with Crippen LogP contribution < -0.4 is 0 Å². The fraction of sp³-hybridized carbons (Fsp3) is 0.294. The maximum Gasteiger partial charge on any atom is 0.334 e. The van der Waals surface area contributed by atoms with Crippen molar-refractivity contribution in [2.45, 2.75) is 16.8 Å². The molecule has 3 rings (SSSR count). The van der Waals surface area contributed by atoms with Crippen LogP contribution >= 0.6 is 0 Å². The first-order valence-corrected chi connectivity index (χ1v) is 9.51. The van der Waals surface area contributed by atoms with Gasteiger partial charge in [-0.3, -0.25) is 4.79 Å². The van der Waals surface area contributed by atoms with Gasteiger partial charge in [-0.25, -0.2) is 13.2 Å². The van der Waals surface area contributed by atoms with Gasteiger partial charge in [0, 0.05) is 12.1 Å². The molecule has 1 fully saturated rings. The van der Waals surface area contributed by atoms with Crippen molar-refractivity contribution >= 4 is 21.7 Å². The first kappa shape index (κ1) is 18.2. The van der Waals surface area contributed by atoms with E-state index in [1.165, 1.54) is 29.4 Å². The molecule has 1 aliphatic heterocycles. The molecule has 26 heavy (non-hydrogen) atoms. The van der Waals surface area contributed by atoms with E-state index >= 15 is 0 Å². The third-order valence-electron chi connectivity index (χ3n) is 4.02. The summed E-state index contributed by atoms with van der Waals surface area (Å²) in [5.74, 6) is -2.20. The Balaban J connectivity index is 1.80. The number of hydrogen-bond donors (Lipinski definition) is 1. The number of carbonyl (C=O) groups is 2. The first-order chi connectivity index (χ1) is 12.4. The summed E-state index contributed by atoms with van der Waals surface area (Å²) in [6.45, 7) is 0.162. The third-order valence-corrected chi connectivity index (χ3v) is 5.70. The van der Waals surface area contributed by atoms with Crippen molar-refractivity contribution in [1.82, 2.24) is 4.90 Å². The fourth-order valence-corrected chi connectivity index (χ4v) is 4.05. The van der Waals surface area contributed by atoms with Gasteiger partial charge in [-0.05, 0) is 18.2 Å². The minimum Gasteiger partial charge on any atom is -0.479 e. The van der Waals surface area contributed by atoms with Crippen molar-refractivity contribution in [2.75, 3.05) is 19.7 Å². The van der Waals surface area contributed by atoms with Crippen molar-refractivity contribution in [2.24, 2.45) is 0 Å². The molecule has 1 N–H and O–H groups in total. The predicted molar refractivity (Wildman–Crippen MR) is 89.3 cm³/mol. The predicted octanol–water partition coefficient (Wildman–Crippen LogP) is 1.18. The van der Waals surface area contributed by atoms with Crippen LogP contribution in [0.2, 0.25) is 0 Å². The van der Waals surface area contributed by atoms with Crippen LogP contribution in [0, 0.1) is 0 Å². The van der Waals surface area contributed by atoms with Crippen LogP contribution in [0.25, 0.3) is 0 Å². The molecule has 2 aromatic rings. The Kier molecular flexibility index (Phi) is 5.10. The smallest absolute Gasteiger partial charge is 0.334 e. The monoisotopic (exact) mass is 379 g/mol. The average molecular weight is 379 g/mol. The zero-order chi connectivity index (χ0) is 18.7. The third kappa shape index (κ3) is 3.78. The van der Waals surface area contributed by atoms with Gasteiger partial charge in [0.05, 0.1) is 30.1 Å². The second-order valence-electron chi connectivity index (χ2n) is 5.80. The maximum absolute atomic E-state index is 12.7. The number of ether oxygens (including phenoxy) is 1. The molecule has 0 spiro atoms. The highest BCUT2D eigenvalue weighted by atomic mass is 32.2. The molecule has 1 aromatic heterocycles. The molecule has 1 amide bonds. The van der Waals surface area contributed by atoms with Gasteiger partial charge in [0.2, 0.25) is 0 Å². The standard InChI is InChI=1S/C17H17NO7S/c19-16(18-7-9-24-14(10-18)17(20)21)15-12(6-8-25-15)11-26(22,23)13-4-2-1-3-5-13/h1-6,8,14H,7,9-11H2,(H,20,21)/t14-/m0/s1. The van der Waals surface area contributed by atoms with E-state index in [4.69, 9.17) is 14.3 Å². The summed E-state index contributed by atoms with van der Waals surface area (Å²) in [4.78, 5) is 25.2. The summed E-state index contributed by atoms with van der Waals surface area (Å²) in [7, 11) is -3.64. The molecule has 138 valence electrons. The normalized spacial score (nSPS) is 17.8. The Morgan fingerprint density at radius 1 is 1.19 bits per heavy atom. The Bertz CT molecular complexity index is 904. The van der Waals surface area contributed by atoms with Crippen molar-refractivity contribution < 1.29 is 32.3 Å². The van der Waals surface area contributed by atoms with Crippen LogP contribution in [-0.4, -0.2) is 56.1 Å². The van der Waals surface area contributed by atoms with Crippen LogP contribution in [0.3, 0.4) is 0 Å². The Labute approximate surface area is 149 Å².